The van der Waals surface area contributed by atoms with Crippen molar-refractivity contribution in [3.63, 3.8) is 0 Å². The fourth-order valence-corrected chi connectivity index (χ4v) is 1.62. The van der Waals surface area contributed by atoms with Crippen LogP contribution in [0.25, 0.3) is 0 Å². The van der Waals surface area contributed by atoms with E-state index >= 15 is 0 Å². The Morgan fingerprint density at radius 1 is 1.29 bits per heavy atom. The van der Waals surface area contributed by atoms with Gasteiger partial charge in [-0.15, -0.1) is 0 Å². The predicted octanol–water partition coefficient (Wildman–Crippen LogP) is 3.61. The largest absolute Gasteiger partial charge is 0.475 e. The third kappa shape index (κ3) is 3.14. The molecule has 1 aromatic heterocycles. The van der Waals surface area contributed by atoms with Gasteiger partial charge in [-0.25, -0.2) is 4.79 Å². The summed E-state index contributed by atoms with van der Waals surface area (Å²) in [6.07, 6.45) is -4.67. The molecule has 1 aromatic carbocycles. The molecule has 5 nitrogen and oxygen atoms in total. The average Bonchev–Trinajstić information content (AvgIpc) is 2.86. The van der Waals surface area contributed by atoms with E-state index in [1.807, 2.05) is 0 Å². The highest BCUT2D eigenvalue weighted by Gasteiger charge is 2.33. The first-order chi connectivity index (χ1) is 9.81. The van der Waals surface area contributed by atoms with Gasteiger partial charge in [0.25, 0.3) is 0 Å². The minimum Gasteiger partial charge on any atom is -0.475 e. The fraction of sp³-hybridized carbons (Fsp3) is 0.0769. The van der Waals surface area contributed by atoms with Crippen LogP contribution in [-0.4, -0.2) is 11.1 Å². The molecule has 1 heterocycles. The summed E-state index contributed by atoms with van der Waals surface area (Å²) in [6.45, 7) is 0. The molecule has 0 bridgehead atoms. The van der Waals surface area contributed by atoms with Crippen LogP contribution in [0.2, 0.25) is 0 Å². The van der Waals surface area contributed by atoms with Crippen LogP contribution in [-0.2, 0) is 6.18 Å². The smallest absolute Gasteiger partial charge is 0.417 e. The molecule has 0 amide bonds. The molecular formula is C13H7F3N2O3. The lowest BCUT2D eigenvalue weighted by Gasteiger charge is -2.11. The van der Waals surface area contributed by atoms with E-state index in [9.17, 15) is 18.0 Å². The highest BCUT2D eigenvalue weighted by molar-refractivity contribution is 5.85. The molecule has 0 radical (unpaired) electrons. The number of carboxylic acids is 1. The summed E-state index contributed by atoms with van der Waals surface area (Å²) in [5.41, 5.74) is -1.56. The standard InChI is InChI=1S/C13H7F3N2O3/c14-13(15,16)9-5-8(2-1-7(9)6-17)18-11-4-3-10(21-11)12(19)20/h1-5,18H,(H,19,20). The number of alkyl halides is 3. The van der Waals surface area contributed by atoms with Crippen molar-refractivity contribution in [3.8, 4) is 6.07 Å². The molecule has 0 atom stereocenters. The van der Waals surface area contributed by atoms with Crippen LogP contribution >= 0.6 is 0 Å². The second-order valence-electron chi connectivity index (χ2n) is 3.96. The molecule has 2 rings (SSSR count). The van der Waals surface area contributed by atoms with Gasteiger partial charge in [0.2, 0.25) is 5.76 Å². The summed E-state index contributed by atoms with van der Waals surface area (Å²) >= 11 is 0. The Kier molecular flexibility index (Phi) is 3.58. The van der Waals surface area contributed by atoms with Gasteiger partial charge in [-0.2, -0.15) is 18.4 Å². The van der Waals surface area contributed by atoms with Crippen molar-refractivity contribution in [2.24, 2.45) is 0 Å². The highest BCUT2D eigenvalue weighted by atomic mass is 19.4. The summed E-state index contributed by atoms with van der Waals surface area (Å²) in [6, 6.07) is 6.93. The Balaban J connectivity index is 2.33. The van der Waals surface area contributed by atoms with Gasteiger partial charge < -0.3 is 14.8 Å². The second-order valence-corrected chi connectivity index (χ2v) is 3.96. The lowest BCUT2D eigenvalue weighted by atomic mass is 10.1. The zero-order chi connectivity index (χ0) is 15.6. The van der Waals surface area contributed by atoms with Gasteiger partial charge in [-0.1, -0.05) is 0 Å². The molecule has 0 fully saturated rings. The molecule has 21 heavy (non-hydrogen) atoms. The topological polar surface area (TPSA) is 86.3 Å². The molecule has 0 spiro atoms. The SMILES string of the molecule is N#Cc1ccc(Nc2ccc(C(=O)O)o2)cc1C(F)(F)F. The molecule has 0 aliphatic carbocycles. The molecule has 8 heteroatoms. The first-order valence-corrected chi connectivity index (χ1v) is 5.53. The van der Waals surface area contributed by atoms with Crippen molar-refractivity contribution in [1.29, 1.82) is 5.26 Å². The number of carboxylic acid groups (broad SMARTS) is 1. The molecule has 0 saturated carbocycles. The Bertz CT molecular complexity index is 729. The Morgan fingerprint density at radius 3 is 2.52 bits per heavy atom. The van der Waals surface area contributed by atoms with Gasteiger partial charge in [-0.05, 0) is 24.3 Å². The highest BCUT2D eigenvalue weighted by Crippen LogP contribution is 2.34. The summed E-state index contributed by atoms with van der Waals surface area (Å²) in [4.78, 5) is 10.6. The van der Waals surface area contributed by atoms with E-state index in [0.717, 1.165) is 12.1 Å². The molecule has 0 aliphatic heterocycles. The van der Waals surface area contributed by atoms with E-state index in [1.165, 1.54) is 24.3 Å². The van der Waals surface area contributed by atoms with Crippen LogP contribution in [0.4, 0.5) is 24.7 Å². The van der Waals surface area contributed by atoms with Crippen LogP contribution in [0.3, 0.4) is 0 Å². The lowest BCUT2D eigenvalue weighted by molar-refractivity contribution is -0.137. The number of nitriles is 1. The lowest BCUT2D eigenvalue weighted by Crippen LogP contribution is -2.08. The Labute approximate surface area is 116 Å². The molecule has 2 N–H and O–H groups in total. The van der Waals surface area contributed by atoms with Crippen LogP contribution in [0.5, 0.6) is 0 Å². The third-order valence-corrected chi connectivity index (χ3v) is 2.53. The number of rotatable bonds is 3. The van der Waals surface area contributed by atoms with Crippen LogP contribution in [0, 0.1) is 11.3 Å². The van der Waals surface area contributed by atoms with Crippen molar-refractivity contribution in [1.82, 2.24) is 0 Å². The number of aromatic carboxylic acids is 1. The zero-order valence-electron chi connectivity index (χ0n) is 10.2. The van der Waals surface area contributed by atoms with Gasteiger partial charge in [0.05, 0.1) is 17.2 Å². The molecule has 0 unspecified atom stereocenters. The van der Waals surface area contributed by atoms with E-state index in [-0.39, 0.29) is 17.3 Å². The van der Waals surface area contributed by atoms with E-state index in [1.54, 1.807) is 0 Å². The van der Waals surface area contributed by atoms with Crippen molar-refractivity contribution in [3.05, 3.63) is 47.2 Å². The minimum atomic E-state index is -4.67. The monoisotopic (exact) mass is 296 g/mol. The van der Waals surface area contributed by atoms with Gasteiger partial charge >= 0.3 is 12.1 Å². The van der Waals surface area contributed by atoms with Crippen molar-refractivity contribution < 1.29 is 27.5 Å². The number of benzene rings is 1. The first kappa shape index (κ1) is 14.5. The number of anilines is 2. The number of halogens is 3. The molecule has 2 aromatic rings. The molecule has 108 valence electrons. The normalized spacial score (nSPS) is 11.0. The number of nitrogens with one attached hydrogen (secondary N) is 1. The number of hydrogen-bond donors (Lipinski definition) is 2. The molecular weight excluding hydrogens is 289 g/mol. The van der Waals surface area contributed by atoms with Crippen molar-refractivity contribution >= 4 is 17.5 Å². The quantitative estimate of drug-likeness (QED) is 0.903. The van der Waals surface area contributed by atoms with Crippen molar-refractivity contribution in [2.45, 2.75) is 6.18 Å². The van der Waals surface area contributed by atoms with Gasteiger partial charge in [0.15, 0.2) is 5.88 Å². The first-order valence-electron chi connectivity index (χ1n) is 5.53. The summed E-state index contributed by atoms with van der Waals surface area (Å²) in [7, 11) is 0. The molecule has 0 aliphatic rings. The predicted molar refractivity (Wildman–Crippen MR) is 65.1 cm³/mol. The number of hydrogen-bond acceptors (Lipinski definition) is 4. The maximum absolute atomic E-state index is 12.8. The average molecular weight is 296 g/mol. The maximum Gasteiger partial charge on any atom is 0.417 e. The zero-order valence-corrected chi connectivity index (χ0v) is 10.2. The number of furan rings is 1. The number of carbonyl (C=O) groups is 1. The van der Waals surface area contributed by atoms with E-state index in [0.29, 0.717) is 0 Å². The number of nitrogens with zero attached hydrogens (tertiary/aromatic N) is 1. The van der Waals surface area contributed by atoms with Crippen molar-refractivity contribution in [2.75, 3.05) is 5.32 Å². The van der Waals surface area contributed by atoms with Crippen LogP contribution < -0.4 is 5.32 Å². The summed E-state index contributed by atoms with van der Waals surface area (Å²) in [5.74, 6) is -1.66. The second kappa shape index (κ2) is 5.20. The Morgan fingerprint density at radius 2 is 2.00 bits per heavy atom. The third-order valence-electron chi connectivity index (χ3n) is 2.53. The van der Waals surface area contributed by atoms with Gasteiger partial charge in [0.1, 0.15) is 0 Å². The summed E-state index contributed by atoms with van der Waals surface area (Å²) < 4.78 is 43.2. The maximum atomic E-state index is 12.8. The van der Waals surface area contributed by atoms with E-state index < -0.39 is 23.3 Å². The van der Waals surface area contributed by atoms with Crippen LogP contribution in [0.1, 0.15) is 21.7 Å². The van der Waals surface area contributed by atoms with E-state index in [2.05, 4.69) is 5.32 Å². The minimum absolute atomic E-state index is 0.0209. The van der Waals surface area contributed by atoms with E-state index in [4.69, 9.17) is 14.8 Å². The van der Waals surface area contributed by atoms with Gasteiger partial charge in [0, 0.05) is 11.8 Å². The molecule has 0 saturated heterocycles. The van der Waals surface area contributed by atoms with Crippen LogP contribution in [0.15, 0.2) is 34.7 Å². The fourth-order valence-electron chi connectivity index (χ4n) is 1.62. The van der Waals surface area contributed by atoms with Gasteiger partial charge in [-0.3, -0.25) is 0 Å². The Hall–Kier alpha value is -2.95. The summed E-state index contributed by atoms with van der Waals surface area (Å²) in [5, 5.41) is 19.9.